The number of carbonyl (C=O) groups is 1. The second kappa shape index (κ2) is 12.0. The van der Waals surface area contributed by atoms with Crippen LogP contribution in [0.1, 0.15) is 28.4 Å². The van der Waals surface area contributed by atoms with Crippen LogP contribution in [0.5, 0.6) is 0 Å². The lowest BCUT2D eigenvalue weighted by atomic mass is 10.1. The number of rotatable bonds is 8. The second-order valence-corrected chi connectivity index (χ2v) is 7.97. The van der Waals surface area contributed by atoms with E-state index >= 15 is 0 Å². The van der Waals surface area contributed by atoms with Crippen molar-refractivity contribution in [2.24, 2.45) is 4.99 Å². The highest BCUT2D eigenvalue weighted by Gasteiger charge is 2.14. The van der Waals surface area contributed by atoms with Gasteiger partial charge in [-0.15, -0.1) is 0 Å². The number of carbonyl (C=O) groups excluding carboxylic acids is 1. The Bertz CT molecular complexity index is 889. The Morgan fingerprint density at radius 2 is 1.91 bits per heavy atom. The van der Waals surface area contributed by atoms with Crippen molar-refractivity contribution in [2.45, 2.75) is 19.9 Å². The van der Waals surface area contributed by atoms with Gasteiger partial charge in [0, 0.05) is 58.1 Å². The number of nitrogens with zero attached hydrogens (tertiary/aromatic N) is 4. The Morgan fingerprint density at radius 1 is 1.09 bits per heavy atom. The lowest BCUT2D eigenvalue weighted by Crippen LogP contribution is -2.44. The quantitative estimate of drug-likeness (QED) is 0.429. The number of hydrogen-bond donors (Lipinski definition) is 3. The summed E-state index contributed by atoms with van der Waals surface area (Å²) < 4.78 is 0. The van der Waals surface area contributed by atoms with Crippen molar-refractivity contribution in [1.29, 1.82) is 0 Å². The summed E-state index contributed by atoms with van der Waals surface area (Å²) in [5.74, 6) is 1.75. The second-order valence-electron chi connectivity index (χ2n) is 7.97. The van der Waals surface area contributed by atoms with Crippen LogP contribution in [0.4, 0.5) is 5.82 Å². The fourth-order valence-electron chi connectivity index (χ4n) is 3.58. The average Bonchev–Trinajstić information content (AvgIpc) is 2.83. The van der Waals surface area contributed by atoms with Crippen LogP contribution in [-0.2, 0) is 13.0 Å². The van der Waals surface area contributed by atoms with Crippen molar-refractivity contribution in [3.8, 4) is 0 Å². The van der Waals surface area contributed by atoms with Gasteiger partial charge in [0.15, 0.2) is 5.96 Å². The third-order valence-corrected chi connectivity index (χ3v) is 5.52. The van der Waals surface area contributed by atoms with E-state index in [0.717, 1.165) is 68.6 Å². The maximum Gasteiger partial charge on any atom is 0.251 e. The third-order valence-electron chi connectivity index (χ3n) is 5.52. The first-order valence-corrected chi connectivity index (χ1v) is 11.3. The lowest BCUT2D eigenvalue weighted by Gasteiger charge is -2.33. The molecule has 3 rings (SSSR count). The van der Waals surface area contributed by atoms with Crippen molar-refractivity contribution < 1.29 is 4.79 Å². The van der Waals surface area contributed by atoms with Crippen LogP contribution in [0.15, 0.2) is 47.6 Å². The molecule has 3 N–H and O–H groups in total. The van der Waals surface area contributed by atoms with Crippen LogP contribution in [-0.4, -0.2) is 75.1 Å². The van der Waals surface area contributed by atoms with E-state index in [9.17, 15) is 4.79 Å². The van der Waals surface area contributed by atoms with Crippen LogP contribution in [0, 0.1) is 0 Å². The molecule has 0 unspecified atom stereocenters. The first kappa shape index (κ1) is 23.5. The number of benzene rings is 1. The van der Waals surface area contributed by atoms with E-state index in [4.69, 9.17) is 4.99 Å². The van der Waals surface area contributed by atoms with Gasteiger partial charge in [0.05, 0.1) is 6.54 Å². The van der Waals surface area contributed by atoms with Gasteiger partial charge in [0.25, 0.3) is 5.91 Å². The Morgan fingerprint density at radius 3 is 2.59 bits per heavy atom. The summed E-state index contributed by atoms with van der Waals surface area (Å²) in [6, 6.07) is 11.9. The number of hydrogen-bond acceptors (Lipinski definition) is 5. The van der Waals surface area contributed by atoms with Crippen LogP contribution in [0.2, 0.25) is 0 Å². The van der Waals surface area contributed by atoms with E-state index in [1.165, 1.54) is 0 Å². The molecule has 0 atom stereocenters. The molecule has 0 aliphatic carbocycles. The third kappa shape index (κ3) is 6.95. The molecule has 172 valence electrons. The molecular weight excluding hydrogens is 402 g/mol. The van der Waals surface area contributed by atoms with Crippen molar-refractivity contribution in [1.82, 2.24) is 25.8 Å². The zero-order valence-corrected chi connectivity index (χ0v) is 19.4. The molecular formula is C24H35N7O. The molecule has 1 aromatic heterocycles. The predicted molar refractivity (Wildman–Crippen MR) is 130 cm³/mol. The predicted octanol–water partition coefficient (Wildman–Crippen LogP) is 1.49. The topological polar surface area (TPSA) is 84.9 Å². The van der Waals surface area contributed by atoms with E-state index in [2.05, 4.69) is 56.8 Å². The highest BCUT2D eigenvalue weighted by Crippen LogP contribution is 2.14. The van der Waals surface area contributed by atoms with Gasteiger partial charge >= 0.3 is 0 Å². The molecule has 1 amide bonds. The Balaban J connectivity index is 1.52. The largest absolute Gasteiger partial charge is 0.357 e. The minimum Gasteiger partial charge on any atom is -0.357 e. The zero-order chi connectivity index (χ0) is 22.8. The normalized spacial score (nSPS) is 14.8. The van der Waals surface area contributed by atoms with Gasteiger partial charge in [-0.2, -0.15) is 0 Å². The van der Waals surface area contributed by atoms with Crippen molar-refractivity contribution >= 4 is 17.7 Å². The number of guanidine groups is 1. The smallest absolute Gasteiger partial charge is 0.251 e. The van der Waals surface area contributed by atoms with Crippen molar-refractivity contribution in [3.05, 3.63) is 59.3 Å². The van der Waals surface area contributed by atoms with Gasteiger partial charge in [-0.05, 0) is 49.7 Å². The van der Waals surface area contributed by atoms with Gasteiger partial charge in [-0.1, -0.05) is 18.2 Å². The van der Waals surface area contributed by atoms with Crippen LogP contribution in [0.25, 0.3) is 0 Å². The molecule has 1 aliphatic rings. The maximum absolute atomic E-state index is 11.8. The Hall–Kier alpha value is -3.13. The maximum atomic E-state index is 11.8. The molecule has 0 bridgehead atoms. The number of aromatic nitrogens is 1. The number of aliphatic imine (C=N–C) groups is 1. The molecule has 1 saturated heterocycles. The minimum absolute atomic E-state index is 0.0676. The number of likely N-dealkylation sites (N-methyl/N-ethyl adjacent to an activating group) is 1. The summed E-state index contributed by atoms with van der Waals surface area (Å²) in [5.41, 5.74) is 2.87. The van der Waals surface area contributed by atoms with Crippen LogP contribution in [0.3, 0.4) is 0 Å². The molecule has 32 heavy (non-hydrogen) atoms. The number of anilines is 1. The molecule has 0 radical (unpaired) electrons. The van der Waals surface area contributed by atoms with Crippen molar-refractivity contribution in [2.75, 3.05) is 58.3 Å². The fourth-order valence-corrected chi connectivity index (χ4v) is 3.58. The Kier molecular flexibility index (Phi) is 8.86. The molecule has 1 aliphatic heterocycles. The van der Waals surface area contributed by atoms with Gasteiger partial charge in [0.1, 0.15) is 5.82 Å². The molecule has 2 aromatic rings. The highest BCUT2D eigenvalue weighted by atomic mass is 16.1. The molecule has 0 saturated carbocycles. The fraction of sp³-hybridized carbons (Fsp3) is 0.458. The minimum atomic E-state index is -0.0676. The van der Waals surface area contributed by atoms with Crippen LogP contribution >= 0.6 is 0 Å². The molecule has 8 nitrogen and oxygen atoms in total. The van der Waals surface area contributed by atoms with Gasteiger partial charge in [-0.25, -0.2) is 9.98 Å². The van der Waals surface area contributed by atoms with Gasteiger partial charge in [0.2, 0.25) is 0 Å². The average molecular weight is 438 g/mol. The number of amides is 1. The first-order chi connectivity index (χ1) is 15.6. The number of nitrogens with one attached hydrogen (secondary N) is 3. The summed E-state index contributed by atoms with van der Waals surface area (Å²) >= 11 is 0. The van der Waals surface area contributed by atoms with Crippen molar-refractivity contribution in [3.63, 3.8) is 0 Å². The van der Waals surface area contributed by atoms with E-state index in [0.29, 0.717) is 12.1 Å². The Labute approximate surface area is 191 Å². The van der Waals surface area contributed by atoms with E-state index < -0.39 is 0 Å². The first-order valence-electron chi connectivity index (χ1n) is 11.3. The summed E-state index contributed by atoms with van der Waals surface area (Å²) in [6.07, 6.45) is 2.72. The SMILES string of the molecule is CCNC(=NCc1ccc(N2CCN(C)CC2)nc1)NCCc1cccc(C(=O)NC)c1. The van der Waals surface area contributed by atoms with E-state index in [1.54, 1.807) is 7.05 Å². The standard InChI is InChI=1S/C24H35N7O/c1-4-26-24(27-11-10-19-6-5-7-21(16-19)23(32)25-2)29-18-20-8-9-22(28-17-20)31-14-12-30(3)13-15-31/h5-9,16-17H,4,10-15,18H2,1-3H3,(H,25,32)(H2,26,27,29). The molecule has 8 heteroatoms. The van der Waals surface area contributed by atoms with E-state index in [1.807, 2.05) is 30.5 Å². The van der Waals surface area contributed by atoms with Gasteiger partial charge in [-0.3, -0.25) is 4.79 Å². The molecule has 0 spiro atoms. The van der Waals surface area contributed by atoms with E-state index in [-0.39, 0.29) is 5.91 Å². The molecule has 1 aromatic carbocycles. The summed E-state index contributed by atoms with van der Waals surface area (Å²) in [7, 11) is 3.80. The van der Waals surface area contributed by atoms with Gasteiger partial charge < -0.3 is 25.8 Å². The number of piperazine rings is 1. The highest BCUT2D eigenvalue weighted by molar-refractivity contribution is 5.94. The molecule has 1 fully saturated rings. The zero-order valence-electron chi connectivity index (χ0n) is 19.4. The lowest BCUT2D eigenvalue weighted by molar-refractivity contribution is 0.0963. The summed E-state index contributed by atoms with van der Waals surface area (Å²) in [6.45, 7) is 8.31. The summed E-state index contributed by atoms with van der Waals surface area (Å²) in [5, 5.41) is 9.32. The molecule has 2 heterocycles. The monoisotopic (exact) mass is 437 g/mol. The van der Waals surface area contributed by atoms with Crippen LogP contribution < -0.4 is 20.9 Å². The summed E-state index contributed by atoms with van der Waals surface area (Å²) in [4.78, 5) is 25.8. The number of pyridine rings is 1.